The fourth-order valence-corrected chi connectivity index (χ4v) is 0.580. The molecule has 0 fully saturated rings. The van der Waals surface area contributed by atoms with Gasteiger partial charge in [0.05, 0.1) is 12.2 Å². The minimum atomic E-state index is 0.124. The lowest BCUT2D eigenvalue weighted by Gasteiger charge is -2.18. The molecule has 1 unspecified atom stereocenters. The van der Waals surface area contributed by atoms with Gasteiger partial charge in [-0.05, 0) is 20.8 Å². The largest absolute Gasteiger partial charge is 0.389 e. The summed E-state index contributed by atoms with van der Waals surface area (Å²) in [7, 11) is 0. The van der Waals surface area contributed by atoms with Crippen LogP contribution in [0.3, 0.4) is 0 Å². The molecular weight excluding hydrogens is 116 g/mol. The molecule has 0 saturated carbocycles. The maximum Gasteiger partial charge on any atom is 0.141 e. The molecule has 0 aromatic carbocycles. The van der Waals surface area contributed by atoms with E-state index in [1.807, 2.05) is 13.8 Å². The Balaban J connectivity index is 2.37. The van der Waals surface area contributed by atoms with Crippen LogP contribution in [0.25, 0.3) is 0 Å². The molecule has 0 spiro atoms. The smallest absolute Gasteiger partial charge is 0.141 e. The molecule has 0 aromatic heterocycles. The first kappa shape index (κ1) is 6.42. The Morgan fingerprint density at radius 3 is 2.78 bits per heavy atom. The molecule has 1 radical (unpaired) electrons. The second kappa shape index (κ2) is 2.27. The van der Waals surface area contributed by atoms with Crippen molar-refractivity contribution in [2.24, 2.45) is 0 Å². The Labute approximate surface area is 55.2 Å². The topological polar surface area (TPSA) is 24.5 Å². The molecule has 0 saturated heterocycles. The molecule has 3 heteroatoms. The first-order valence-electron chi connectivity index (χ1n) is 2.93. The van der Waals surface area contributed by atoms with Gasteiger partial charge in [-0.3, -0.25) is 5.43 Å². The van der Waals surface area contributed by atoms with Gasteiger partial charge in [0.2, 0.25) is 0 Å². The third-order valence-electron chi connectivity index (χ3n) is 1.04. The lowest BCUT2D eigenvalue weighted by Crippen LogP contribution is -2.35. The second-order valence-electron chi connectivity index (χ2n) is 2.15. The minimum absolute atomic E-state index is 0.124. The van der Waals surface area contributed by atoms with E-state index >= 15 is 0 Å². The zero-order valence-electron chi connectivity index (χ0n) is 5.72. The van der Waals surface area contributed by atoms with Crippen molar-refractivity contribution in [1.29, 1.82) is 0 Å². The van der Waals surface area contributed by atoms with Crippen LogP contribution in [0.2, 0.25) is 0 Å². The third-order valence-corrected chi connectivity index (χ3v) is 1.04. The van der Waals surface area contributed by atoms with Crippen LogP contribution in [0.5, 0.6) is 0 Å². The minimum Gasteiger partial charge on any atom is -0.389 e. The molecule has 3 nitrogen and oxygen atoms in total. The number of hydrazine groups is 1. The van der Waals surface area contributed by atoms with Crippen LogP contribution in [0.1, 0.15) is 13.8 Å². The van der Waals surface area contributed by atoms with Crippen LogP contribution in [0.15, 0.2) is 12.0 Å². The average Bonchev–Trinajstić information content (AvgIpc) is 2.14. The highest BCUT2D eigenvalue weighted by Gasteiger charge is 2.14. The van der Waals surface area contributed by atoms with Gasteiger partial charge in [-0.25, -0.2) is 0 Å². The van der Waals surface area contributed by atoms with Gasteiger partial charge >= 0.3 is 0 Å². The monoisotopic (exact) mass is 127 g/mol. The summed E-state index contributed by atoms with van der Waals surface area (Å²) in [6.45, 7) is 7.59. The van der Waals surface area contributed by atoms with Crippen LogP contribution < -0.4 is 5.43 Å². The summed E-state index contributed by atoms with van der Waals surface area (Å²) in [5.74, 6) is 0.866. The fraction of sp³-hybridized carbons (Fsp3) is 0.500. The van der Waals surface area contributed by atoms with E-state index in [2.05, 4.69) is 12.3 Å². The number of hydroxylamine groups is 1. The summed E-state index contributed by atoms with van der Waals surface area (Å²) in [6, 6.07) is 0.124. The Morgan fingerprint density at radius 2 is 2.56 bits per heavy atom. The number of rotatable bonds is 1. The van der Waals surface area contributed by atoms with E-state index in [-0.39, 0.29) is 6.04 Å². The fourth-order valence-electron chi connectivity index (χ4n) is 0.580. The number of nitrogens with zero attached hydrogens (tertiary/aromatic N) is 1. The first-order chi connectivity index (χ1) is 4.20. The maximum absolute atomic E-state index is 5.14. The van der Waals surface area contributed by atoms with E-state index in [1.165, 1.54) is 0 Å². The third kappa shape index (κ3) is 1.36. The standard InChI is InChI=1S/C6H11N2O/c1-5(2)8-7-4-6(3)9-8/h4-5,7H,1H2,2-3H3. The summed E-state index contributed by atoms with van der Waals surface area (Å²) < 4.78 is 0. The zero-order valence-corrected chi connectivity index (χ0v) is 5.72. The van der Waals surface area contributed by atoms with Gasteiger partial charge in [-0.1, -0.05) is 5.17 Å². The van der Waals surface area contributed by atoms with Gasteiger partial charge in [-0.2, -0.15) is 0 Å². The zero-order chi connectivity index (χ0) is 6.85. The van der Waals surface area contributed by atoms with Crippen molar-refractivity contribution in [1.82, 2.24) is 10.6 Å². The number of hydrogen-bond donors (Lipinski definition) is 1. The molecule has 0 aliphatic carbocycles. The molecular formula is C6H11N2O. The number of nitrogens with one attached hydrogen (secondary N) is 1. The van der Waals surface area contributed by atoms with Gasteiger partial charge < -0.3 is 4.84 Å². The van der Waals surface area contributed by atoms with Crippen LogP contribution in [0.4, 0.5) is 0 Å². The Bertz CT molecular complexity index is 131. The molecule has 1 rings (SSSR count). The SMILES string of the molecule is [CH2]C(C)N1NC=C(C)O1. The Kier molecular flexibility index (Phi) is 1.62. The maximum atomic E-state index is 5.14. The summed E-state index contributed by atoms with van der Waals surface area (Å²) in [5, 5.41) is 1.59. The van der Waals surface area contributed by atoms with Gasteiger partial charge in [0.15, 0.2) is 0 Å². The molecule has 9 heavy (non-hydrogen) atoms. The van der Waals surface area contributed by atoms with Crippen molar-refractivity contribution in [3.63, 3.8) is 0 Å². The van der Waals surface area contributed by atoms with Gasteiger partial charge in [0.25, 0.3) is 0 Å². The summed E-state index contributed by atoms with van der Waals surface area (Å²) in [6.07, 6.45) is 1.79. The summed E-state index contributed by atoms with van der Waals surface area (Å²) >= 11 is 0. The van der Waals surface area contributed by atoms with Gasteiger partial charge in [-0.15, -0.1) is 0 Å². The molecule has 0 aromatic rings. The van der Waals surface area contributed by atoms with Crippen LogP contribution in [-0.4, -0.2) is 11.2 Å². The molecule has 1 aliphatic heterocycles. The highest BCUT2D eigenvalue weighted by molar-refractivity contribution is 4.89. The number of allylic oxidation sites excluding steroid dienone is 1. The lowest BCUT2D eigenvalue weighted by atomic mass is 10.4. The van der Waals surface area contributed by atoms with Crippen molar-refractivity contribution in [2.75, 3.05) is 0 Å². The van der Waals surface area contributed by atoms with E-state index < -0.39 is 0 Å². The van der Waals surface area contributed by atoms with Crippen molar-refractivity contribution < 1.29 is 4.84 Å². The van der Waals surface area contributed by atoms with Crippen LogP contribution in [-0.2, 0) is 4.84 Å². The molecule has 0 amide bonds. The average molecular weight is 127 g/mol. The highest BCUT2D eigenvalue weighted by atomic mass is 16.7. The number of hydrogen-bond acceptors (Lipinski definition) is 3. The molecule has 51 valence electrons. The molecule has 1 atom stereocenters. The lowest BCUT2D eigenvalue weighted by molar-refractivity contribution is -0.142. The van der Waals surface area contributed by atoms with Crippen molar-refractivity contribution >= 4 is 0 Å². The van der Waals surface area contributed by atoms with E-state index in [0.717, 1.165) is 5.76 Å². The first-order valence-corrected chi connectivity index (χ1v) is 2.93. The normalized spacial score (nSPS) is 19.3. The van der Waals surface area contributed by atoms with Crippen molar-refractivity contribution in [3.05, 3.63) is 18.9 Å². The molecule has 1 heterocycles. The Morgan fingerprint density at radius 1 is 1.89 bits per heavy atom. The predicted octanol–water partition coefficient (Wildman–Crippen LogP) is 0.822. The summed E-state index contributed by atoms with van der Waals surface area (Å²) in [5.41, 5.74) is 2.89. The molecule has 0 bridgehead atoms. The predicted molar refractivity (Wildman–Crippen MR) is 34.6 cm³/mol. The van der Waals surface area contributed by atoms with Crippen molar-refractivity contribution in [3.8, 4) is 0 Å². The van der Waals surface area contributed by atoms with Crippen molar-refractivity contribution in [2.45, 2.75) is 19.9 Å². The second-order valence-corrected chi connectivity index (χ2v) is 2.15. The molecule has 1 N–H and O–H groups in total. The highest BCUT2D eigenvalue weighted by Crippen LogP contribution is 2.07. The summed E-state index contributed by atoms with van der Waals surface area (Å²) in [4.78, 5) is 5.14. The van der Waals surface area contributed by atoms with Gasteiger partial charge in [0.1, 0.15) is 5.76 Å². The molecule has 1 aliphatic rings. The van der Waals surface area contributed by atoms with E-state index in [1.54, 1.807) is 11.4 Å². The van der Waals surface area contributed by atoms with E-state index in [9.17, 15) is 0 Å². The van der Waals surface area contributed by atoms with E-state index in [0.29, 0.717) is 0 Å². The Hall–Kier alpha value is -0.700. The van der Waals surface area contributed by atoms with Crippen LogP contribution >= 0.6 is 0 Å². The van der Waals surface area contributed by atoms with E-state index in [4.69, 9.17) is 4.84 Å². The quantitative estimate of drug-likeness (QED) is 0.564. The van der Waals surface area contributed by atoms with Crippen LogP contribution in [0, 0.1) is 6.92 Å². The van der Waals surface area contributed by atoms with Gasteiger partial charge in [0, 0.05) is 0 Å².